The van der Waals surface area contributed by atoms with Crippen molar-refractivity contribution in [1.82, 2.24) is 4.90 Å². The smallest absolute Gasteiger partial charge is 0.410 e. The number of aliphatic carboxylic acids is 1. The number of hydrogen-bond acceptors (Lipinski definition) is 3. The number of rotatable bonds is 4. The van der Waals surface area contributed by atoms with Crippen molar-refractivity contribution in [3.8, 4) is 0 Å². The fraction of sp³-hybridized carbons (Fsp3) is 0.667. The highest BCUT2D eigenvalue weighted by Crippen LogP contribution is 2.43. The number of carbonyl (C=O) groups is 2. The second kappa shape index (κ2) is 4.77. The van der Waals surface area contributed by atoms with Crippen molar-refractivity contribution in [1.29, 1.82) is 0 Å². The van der Waals surface area contributed by atoms with Crippen LogP contribution in [0.25, 0.3) is 0 Å². The second-order valence-electron chi connectivity index (χ2n) is 4.62. The van der Waals surface area contributed by atoms with Gasteiger partial charge in [0.15, 0.2) is 0 Å². The summed E-state index contributed by atoms with van der Waals surface area (Å²) in [6.07, 6.45) is 3.65. The molecule has 17 heavy (non-hydrogen) atoms. The molecule has 2 atom stereocenters. The van der Waals surface area contributed by atoms with Gasteiger partial charge in [-0.2, -0.15) is 0 Å². The summed E-state index contributed by atoms with van der Waals surface area (Å²) in [4.78, 5) is 24.5. The molecule has 0 bridgehead atoms. The molecule has 1 heterocycles. The van der Waals surface area contributed by atoms with E-state index in [2.05, 4.69) is 6.58 Å². The van der Waals surface area contributed by atoms with E-state index in [1.165, 1.54) is 6.08 Å². The summed E-state index contributed by atoms with van der Waals surface area (Å²) >= 11 is 0. The van der Waals surface area contributed by atoms with Gasteiger partial charge in [-0.05, 0) is 25.2 Å². The number of ether oxygens (including phenoxy) is 1. The van der Waals surface area contributed by atoms with Gasteiger partial charge in [0.2, 0.25) is 0 Å². The fourth-order valence-corrected chi connectivity index (χ4v) is 2.53. The normalized spacial score (nSPS) is 27.9. The van der Waals surface area contributed by atoms with Crippen molar-refractivity contribution >= 4 is 12.1 Å². The van der Waals surface area contributed by atoms with Gasteiger partial charge in [-0.25, -0.2) is 4.79 Å². The van der Waals surface area contributed by atoms with Crippen LogP contribution in [0.4, 0.5) is 4.79 Å². The summed E-state index contributed by atoms with van der Waals surface area (Å²) in [6, 6.07) is -0.176. The lowest BCUT2D eigenvalue weighted by atomic mass is 9.97. The lowest BCUT2D eigenvalue weighted by Gasteiger charge is -2.25. The molecule has 94 valence electrons. The minimum atomic E-state index is -0.805. The molecule has 0 unspecified atom stereocenters. The van der Waals surface area contributed by atoms with Gasteiger partial charge in [0.05, 0.1) is 12.0 Å². The average molecular weight is 239 g/mol. The maximum Gasteiger partial charge on any atom is 0.410 e. The molecule has 2 rings (SSSR count). The van der Waals surface area contributed by atoms with E-state index in [0.29, 0.717) is 18.9 Å². The predicted octanol–water partition coefficient (Wildman–Crippen LogP) is 1.49. The third-order valence-corrected chi connectivity index (χ3v) is 3.43. The van der Waals surface area contributed by atoms with Crippen LogP contribution in [-0.2, 0) is 9.53 Å². The molecule has 1 aliphatic heterocycles. The largest absolute Gasteiger partial charge is 0.481 e. The van der Waals surface area contributed by atoms with Crippen LogP contribution in [0.2, 0.25) is 0 Å². The number of carboxylic acid groups (broad SMARTS) is 1. The standard InChI is InChI=1S/C12H17NO4/c1-2-7-17-12(16)13-6-5-9(11(14)15)10(13)8-3-4-8/h2,8-10H,1,3-7H2,(H,14,15)/t9-,10+/m1/s1. The molecule has 0 spiro atoms. The molecule has 0 aromatic heterocycles. The topological polar surface area (TPSA) is 66.8 Å². The summed E-state index contributed by atoms with van der Waals surface area (Å²) in [6.45, 7) is 4.13. The number of carbonyl (C=O) groups excluding carboxylic acids is 1. The summed E-state index contributed by atoms with van der Waals surface area (Å²) in [5, 5.41) is 9.14. The van der Waals surface area contributed by atoms with Crippen LogP contribution < -0.4 is 0 Å². The van der Waals surface area contributed by atoms with Gasteiger partial charge in [-0.3, -0.25) is 4.79 Å². The van der Waals surface area contributed by atoms with Crippen LogP contribution in [-0.4, -0.2) is 41.3 Å². The number of hydrogen-bond donors (Lipinski definition) is 1. The Hall–Kier alpha value is -1.52. The van der Waals surface area contributed by atoms with Gasteiger partial charge < -0.3 is 14.7 Å². The highest BCUT2D eigenvalue weighted by molar-refractivity contribution is 5.75. The lowest BCUT2D eigenvalue weighted by Crippen LogP contribution is -2.41. The van der Waals surface area contributed by atoms with Gasteiger partial charge in [0.1, 0.15) is 6.61 Å². The molecule has 1 aliphatic carbocycles. The Morgan fingerprint density at radius 3 is 2.65 bits per heavy atom. The first-order valence-electron chi connectivity index (χ1n) is 5.92. The Labute approximate surface area is 100 Å². The number of carboxylic acids is 1. The zero-order valence-electron chi connectivity index (χ0n) is 9.67. The number of amides is 1. The first-order chi connectivity index (χ1) is 8.15. The molecule has 0 radical (unpaired) electrons. The molecule has 1 amide bonds. The highest BCUT2D eigenvalue weighted by Gasteiger charge is 2.49. The maximum absolute atomic E-state index is 11.8. The molecule has 0 aromatic carbocycles. The Kier molecular flexibility index (Phi) is 3.36. The Morgan fingerprint density at radius 1 is 1.41 bits per heavy atom. The summed E-state index contributed by atoms with van der Waals surface area (Å²) in [7, 11) is 0. The van der Waals surface area contributed by atoms with Crippen molar-refractivity contribution in [3.05, 3.63) is 12.7 Å². The molecule has 1 N–H and O–H groups in total. The number of likely N-dealkylation sites (tertiary alicyclic amines) is 1. The SMILES string of the molecule is C=CCOC(=O)N1CC[C@@H](C(=O)O)[C@@H]1C1CC1. The van der Waals surface area contributed by atoms with E-state index in [4.69, 9.17) is 9.84 Å². The zero-order chi connectivity index (χ0) is 12.4. The van der Waals surface area contributed by atoms with Gasteiger partial charge in [-0.1, -0.05) is 12.7 Å². The lowest BCUT2D eigenvalue weighted by molar-refractivity contribution is -0.142. The molecule has 0 aromatic rings. The zero-order valence-corrected chi connectivity index (χ0v) is 9.67. The molecule has 1 saturated heterocycles. The van der Waals surface area contributed by atoms with Crippen LogP contribution in [0.15, 0.2) is 12.7 Å². The van der Waals surface area contributed by atoms with Crippen LogP contribution in [0, 0.1) is 11.8 Å². The minimum Gasteiger partial charge on any atom is -0.481 e. The van der Waals surface area contributed by atoms with E-state index in [1.54, 1.807) is 4.90 Å². The van der Waals surface area contributed by atoms with Gasteiger partial charge in [0.25, 0.3) is 0 Å². The van der Waals surface area contributed by atoms with Crippen LogP contribution in [0.1, 0.15) is 19.3 Å². The first kappa shape index (κ1) is 12.0. The summed E-state index contributed by atoms with van der Waals surface area (Å²) < 4.78 is 4.99. The molecule has 2 fully saturated rings. The van der Waals surface area contributed by atoms with Crippen LogP contribution in [0.3, 0.4) is 0 Å². The molecule has 5 nitrogen and oxygen atoms in total. The van der Waals surface area contributed by atoms with Crippen molar-refractivity contribution in [2.24, 2.45) is 11.8 Å². The van der Waals surface area contributed by atoms with E-state index in [9.17, 15) is 9.59 Å². The van der Waals surface area contributed by atoms with E-state index < -0.39 is 18.0 Å². The van der Waals surface area contributed by atoms with Gasteiger partial charge >= 0.3 is 12.1 Å². The number of nitrogens with zero attached hydrogens (tertiary/aromatic N) is 1. The Bertz CT molecular complexity index is 337. The van der Waals surface area contributed by atoms with Crippen molar-refractivity contribution in [2.45, 2.75) is 25.3 Å². The Balaban J connectivity index is 2.04. The van der Waals surface area contributed by atoms with Crippen molar-refractivity contribution < 1.29 is 19.4 Å². The third-order valence-electron chi connectivity index (χ3n) is 3.43. The van der Waals surface area contributed by atoms with E-state index in [0.717, 1.165) is 12.8 Å². The molecular formula is C12H17NO4. The van der Waals surface area contributed by atoms with Gasteiger partial charge in [-0.15, -0.1) is 0 Å². The average Bonchev–Trinajstić information content (AvgIpc) is 3.04. The molecule has 1 saturated carbocycles. The van der Waals surface area contributed by atoms with Crippen molar-refractivity contribution in [2.75, 3.05) is 13.2 Å². The molecular weight excluding hydrogens is 222 g/mol. The van der Waals surface area contributed by atoms with E-state index >= 15 is 0 Å². The minimum absolute atomic E-state index is 0.171. The van der Waals surface area contributed by atoms with E-state index in [1.807, 2.05) is 0 Å². The Morgan fingerprint density at radius 2 is 2.12 bits per heavy atom. The maximum atomic E-state index is 11.8. The second-order valence-corrected chi connectivity index (χ2v) is 4.62. The summed E-state index contributed by atoms with van der Waals surface area (Å²) in [5.41, 5.74) is 0. The van der Waals surface area contributed by atoms with Crippen LogP contribution >= 0.6 is 0 Å². The monoisotopic (exact) mass is 239 g/mol. The highest BCUT2D eigenvalue weighted by atomic mass is 16.6. The van der Waals surface area contributed by atoms with Gasteiger partial charge in [0, 0.05) is 6.54 Å². The molecule has 2 aliphatic rings. The quantitative estimate of drug-likeness (QED) is 0.755. The van der Waals surface area contributed by atoms with Crippen LogP contribution in [0.5, 0.6) is 0 Å². The van der Waals surface area contributed by atoms with E-state index in [-0.39, 0.29) is 12.6 Å². The third kappa shape index (κ3) is 2.43. The van der Waals surface area contributed by atoms with Crippen molar-refractivity contribution in [3.63, 3.8) is 0 Å². The predicted molar refractivity (Wildman–Crippen MR) is 60.5 cm³/mol. The molecule has 5 heteroatoms. The summed E-state index contributed by atoms with van der Waals surface area (Å²) in [5.74, 6) is -0.894. The fourth-order valence-electron chi connectivity index (χ4n) is 2.53. The first-order valence-corrected chi connectivity index (χ1v) is 5.92.